The van der Waals surface area contributed by atoms with Gasteiger partial charge in [0.25, 0.3) is 5.91 Å². The fraction of sp³-hybridized carbons (Fsp3) is 0.500. The SMILES string of the molecule is CCC1C[C@@H](S(=O)(=O)c2cc(C(=O)Nc3ccc(F)c(F)c3)ccc2Cl)C[C@H](C)[C@]1(O)C(O)C(O)CNS(C)(=O)=O. The van der Waals surface area contributed by atoms with E-state index < -0.39 is 78.8 Å². The number of rotatable bonds is 10. The Morgan fingerprint density at radius 3 is 2.34 bits per heavy atom. The summed E-state index contributed by atoms with van der Waals surface area (Å²) in [7, 11) is -7.89. The molecule has 0 aliphatic heterocycles. The van der Waals surface area contributed by atoms with Crippen molar-refractivity contribution >= 4 is 43.1 Å². The fourth-order valence-corrected chi connectivity index (χ4v) is 8.28. The molecular weight excluding hydrogens is 606 g/mol. The van der Waals surface area contributed by atoms with E-state index in [1.807, 2.05) is 0 Å². The fourth-order valence-electron chi connectivity index (χ4n) is 5.34. The van der Waals surface area contributed by atoms with Crippen molar-refractivity contribution < 1.29 is 45.7 Å². The molecule has 228 valence electrons. The van der Waals surface area contributed by atoms with Crippen LogP contribution >= 0.6 is 11.6 Å². The highest BCUT2D eigenvalue weighted by Gasteiger charge is 2.55. The number of benzene rings is 2. The van der Waals surface area contributed by atoms with Gasteiger partial charge in [-0.25, -0.2) is 30.3 Å². The van der Waals surface area contributed by atoms with Crippen LogP contribution in [-0.2, 0) is 19.9 Å². The highest BCUT2D eigenvalue weighted by molar-refractivity contribution is 7.92. The van der Waals surface area contributed by atoms with Crippen LogP contribution in [0.1, 0.15) is 43.5 Å². The minimum Gasteiger partial charge on any atom is -0.389 e. The van der Waals surface area contributed by atoms with E-state index in [9.17, 15) is 45.7 Å². The molecule has 0 bridgehead atoms. The molecule has 0 heterocycles. The number of nitrogens with one attached hydrogen (secondary N) is 2. The largest absolute Gasteiger partial charge is 0.389 e. The molecule has 2 aromatic rings. The molecule has 6 atom stereocenters. The monoisotopic (exact) mass is 638 g/mol. The van der Waals surface area contributed by atoms with E-state index in [0.717, 1.165) is 30.5 Å². The van der Waals surface area contributed by atoms with Crippen LogP contribution in [0.25, 0.3) is 0 Å². The number of carbonyl (C=O) groups is 1. The Bertz CT molecular complexity index is 1510. The Morgan fingerprint density at radius 2 is 1.76 bits per heavy atom. The molecule has 1 aliphatic carbocycles. The summed E-state index contributed by atoms with van der Waals surface area (Å²) in [5.74, 6) is -4.74. The maximum Gasteiger partial charge on any atom is 0.255 e. The average Bonchev–Trinajstić information content (AvgIpc) is 2.89. The Morgan fingerprint density at radius 1 is 1.10 bits per heavy atom. The van der Waals surface area contributed by atoms with Crippen molar-refractivity contribution in [3.05, 3.63) is 58.6 Å². The van der Waals surface area contributed by atoms with Gasteiger partial charge in [0.15, 0.2) is 21.5 Å². The molecule has 1 fully saturated rings. The third-order valence-electron chi connectivity index (χ3n) is 7.61. The van der Waals surface area contributed by atoms with Gasteiger partial charge in [-0.2, -0.15) is 0 Å². The summed E-state index contributed by atoms with van der Waals surface area (Å²) < 4.78 is 79.2. The molecule has 3 rings (SSSR count). The van der Waals surface area contributed by atoms with E-state index in [-0.39, 0.29) is 40.4 Å². The predicted octanol–water partition coefficient (Wildman–Crippen LogP) is 2.47. The van der Waals surface area contributed by atoms with Crippen LogP contribution in [0.3, 0.4) is 0 Å². The van der Waals surface area contributed by atoms with Crippen molar-refractivity contribution in [2.45, 2.75) is 61.1 Å². The maximum absolute atomic E-state index is 13.8. The second kappa shape index (κ2) is 12.6. The Balaban J connectivity index is 1.86. The third kappa shape index (κ3) is 7.24. The zero-order valence-electron chi connectivity index (χ0n) is 22.5. The average molecular weight is 639 g/mol. The van der Waals surface area contributed by atoms with Crippen molar-refractivity contribution in [1.82, 2.24) is 4.72 Å². The van der Waals surface area contributed by atoms with Gasteiger partial charge in [0, 0.05) is 23.9 Å². The maximum atomic E-state index is 13.8. The first-order valence-electron chi connectivity index (χ1n) is 12.7. The Labute approximate surface area is 242 Å². The summed E-state index contributed by atoms with van der Waals surface area (Å²) in [6, 6.07) is 6.32. The number of aliphatic hydroxyl groups excluding tert-OH is 2. The predicted molar refractivity (Wildman–Crippen MR) is 149 cm³/mol. The first-order valence-corrected chi connectivity index (χ1v) is 16.6. The summed E-state index contributed by atoms with van der Waals surface area (Å²) in [6.07, 6.45) is -2.61. The van der Waals surface area contributed by atoms with Gasteiger partial charge in [-0.1, -0.05) is 31.9 Å². The molecule has 1 saturated carbocycles. The molecule has 0 radical (unpaired) electrons. The number of amides is 1. The summed E-state index contributed by atoms with van der Waals surface area (Å²) in [4.78, 5) is 12.4. The number of anilines is 1. The van der Waals surface area contributed by atoms with E-state index in [0.29, 0.717) is 0 Å². The van der Waals surface area contributed by atoms with Crippen molar-refractivity contribution in [1.29, 1.82) is 0 Å². The standard InChI is InChI=1S/C26H33ClF2N2O8S2/c1-4-16-11-18(9-14(2)26(16,35)24(33)22(32)13-30-40(3,36)37)41(38,39)23-10-15(5-7-19(23)27)25(34)31-17-6-8-20(28)21(29)12-17/h5-8,10,12,14,16,18,22,24,30,32-33,35H,4,9,11,13H2,1-3H3,(H,31,34)/t14-,16?,18-,22?,24?,26+/m0/s1. The highest BCUT2D eigenvalue weighted by Crippen LogP contribution is 2.46. The van der Waals surface area contributed by atoms with Crippen molar-refractivity contribution in [3.8, 4) is 0 Å². The molecule has 0 spiro atoms. The highest BCUT2D eigenvalue weighted by atomic mass is 35.5. The lowest BCUT2D eigenvalue weighted by molar-refractivity contribution is -0.191. The number of sulfone groups is 1. The molecule has 3 unspecified atom stereocenters. The molecule has 0 aromatic heterocycles. The van der Waals surface area contributed by atoms with E-state index >= 15 is 0 Å². The number of sulfonamides is 1. The molecular formula is C26H33ClF2N2O8S2. The second-order valence-corrected chi connectivity index (χ2v) is 14.8. The van der Waals surface area contributed by atoms with Crippen molar-refractivity contribution in [3.63, 3.8) is 0 Å². The first kappa shape index (κ1) is 33.3. The minimum atomic E-state index is -4.20. The second-order valence-electron chi connectivity index (χ2n) is 10.4. The van der Waals surface area contributed by atoms with Gasteiger partial charge < -0.3 is 20.6 Å². The topological polar surface area (TPSA) is 170 Å². The molecule has 41 heavy (non-hydrogen) atoms. The van der Waals surface area contributed by atoms with E-state index in [1.165, 1.54) is 19.1 Å². The summed E-state index contributed by atoms with van der Waals surface area (Å²) >= 11 is 6.25. The van der Waals surface area contributed by atoms with Crippen molar-refractivity contribution in [2.24, 2.45) is 11.8 Å². The van der Waals surface area contributed by atoms with Gasteiger partial charge in [-0.05, 0) is 55.0 Å². The van der Waals surface area contributed by atoms with Gasteiger partial charge in [0.05, 0.1) is 33.1 Å². The quantitative estimate of drug-likeness (QED) is 0.264. The van der Waals surface area contributed by atoms with Gasteiger partial charge in [-0.15, -0.1) is 0 Å². The molecule has 10 nitrogen and oxygen atoms in total. The van der Waals surface area contributed by atoms with E-state index in [1.54, 1.807) is 6.92 Å². The number of hydrogen-bond donors (Lipinski definition) is 5. The van der Waals surface area contributed by atoms with Crippen LogP contribution in [0.2, 0.25) is 5.02 Å². The zero-order chi connectivity index (χ0) is 30.9. The van der Waals surface area contributed by atoms with Crippen LogP contribution in [0.15, 0.2) is 41.3 Å². The van der Waals surface area contributed by atoms with Gasteiger partial charge in [0.1, 0.15) is 6.10 Å². The molecule has 5 N–H and O–H groups in total. The van der Waals surface area contributed by atoms with Crippen molar-refractivity contribution in [2.75, 3.05) is 18.1 Å². The van der Waals surface area contributed by atoms with Crippen LogP contribution in [0, 0.1) is 23.5 Å². The minimum absolute atomic E-state index is 0.0492. The number of aliphatic hydroxyl groups is 3. The smallest absolute Gasteiger partial charge is 0.255 e. The van der Waals surface area contributed by atoms with Gasteiger partial charge in [-0.3, -0.25) is 4.79 Å². The summed E-state index contributed by atoms with van der Waals surface area (Å²) in [5.41, 5.74) is -2.09. The Kier molecular flexibility index (Phi) is 10.2. The number of carbonyl (C=O) groups excluding carboxylic acids is 1. The van der Waals surface area contributed by atoms with E-state index in [2.05, 4.69) is 10.0 Å². The zero-order valence-corrected chi connectivity index (χ0v) is 24.9. The summed E-state index contributed by atoms with van der Waals surface area (Å²) in [6.45, 7) is 2.65. The van der Waals surface area contributed by atoms with E-state index in [4.69, 9.17) is 11.6 Å². The van der Waals surface area contributed by atoms with Crippen LogP contribution in [0.5, 0.6) is 0 Å². The molecule has 15 heteroatoms. The van der Waals surface area contributed by atoms with Crippen LogP contribution in [0.4, 0.5) is 14.5 Å². The van der Waals surface area contributed by atoms with Gasteiger partial charge in [0.2, 0.25) is 10.0 Å². The molecule has 2 aromatic carbocycles. The normalized spacial score (nSPS) is 25.0. The molecule has 0 saturated heterocycles. The number of hydrogen-bond acceptors (Lipinski definition) is 8. The lowest BCUT2D eigenvalue weighted by atomic mass is 9.64. The molecule has 1 aliphatic rings. The van der Waals surface area contributed by atoms with Gasteiger partial charge >= 0.3 is 0 Å². The Hall–Kier alpha value is -2.20. The number of halogens is 3. The molecule has 1 amide bonds. The first-order chi connectivity index (χ1) is 18.9. The lowest BCUT2D eigenvalue weighted by Gasteiger charge is -2.50. The lowest BCUT2D eigenvalue weighted by Crippen LogP contribution is -2.63. The summed E-state index contributed by atoms with van der Waals surface area (Å²) in [5, 5.41) is 34.0. The van der Waals surface area contributed by atoms with Crippen LogP contribution in [-0.4, -0.2) is 73.9 Å². The van der Waals surface area contributed by atoms with Crippen LogP contribution < -0.4 is 10.0 Å². The third-order valence-corrected chi connectivity index (χ3v) is 11.0.